The van der Waals surface area contributed by atoms with E-state index in [4.69, 9.17) is 4.74 Å². The Morgan fingerprint density at radius 2 is 2.16 bits per heavy atom. The van der Waals surface area contributed by atoms with Gasteiger partial charge in [0.15, 0.2) is 0 Å². The minimum Gasteiger partial charge on any atom is -0.493 e. The van der Waals surface area contributed by atoms with Crippen molar-refractivity contribution in [3.05, 3.63) is 29.3 Å². The van der Waals surface area contributed by atoms with E-state index in [-0.39, 0.29) is 0 Å². The molecule has 2 heteroatoms. The Labute approximate surface area is 117 Å². The highest BCUT2D eigenvalue weighted by molar-refractivity contribution is 5.39. The molecule has 0 aromatic heterocycles. The van der Waals surface area contributed by atoms with E-state index in [0.29, 0.717) is 6.04 Å². The van der Waals surface area contributed by atoms with Crippen molar-refractivity contribution < 1.29 is 4.74 Å². The van der Waals surface area contributed by atoms with Crippen LogP contribution in [0.1, 0.15) is 44.7 Å². The molecule has 1 aliphatic rings. The molecular weight excluding hydrogens is 234 g/mol. The van der Waals surface area contributed by atoms with E-state index in [2.05, 4.69) is 44.3 Å². The van der Waals surface area contributed by atoms with Gasteiger partial charge in [0.05, 0.1) is 6.61 Å². The molecule has 0 spiro atoms. The molecule has 0 fully saturated rings. The lowest BCUT2D eigenvalue weighted by atomic mass is 10.00. The van der Waals surface area contributed by atoms with E-state index in [9.17, 15) is 0 Å². The average molecular weight is 261 g/mol. The molecule has 1 aliphatic heterocycles. The standard InChI is InChI=1S/C17H27NO/c1-4-13(2)11-14(3)18-9-7-15-5-6-17-16(12-15)8-10-19-17/h5-6,12-14,18H,4,7-11H2,1-3H3. The van der Waals surface area contributed by atoms with Gasteiger partial charge in [0.1, 0.15) is 5.75 Å². The van der Waals surface area contributed by atoms with Crippen LogP contribution in [-0.2, 0) is 12.8 Å². The third kappa shape index (κ3) is 4.24. The number of nitrogens with one attached hydrogen (secondary N) is 1. The van der Waals surface area contributed by atoms with Crippen molar-refractivity contribution in [1.82, 2.24) is 5.32 Å². The molecule has 106 valence electrons. The maximum absolute atomic E-state index is 5.54. The summed E-state index contributed by atoms with van der Waals surface area (Å²) in [7, 11) is 0. The maximum Gasteiger partial charge on any atom is 0.122 e. The highest BCUT2D eigenvalue weighted by Gasteiger charge is 2.12. The second-order valence-corrected chi connectivity index (χ2v) is 5.89. The van der Waals surface area contributed by atoms with E-state index in [1.807, 2.05) is 0 Å². The zero-order chi connectivity index (χ0) is 13.7. The molecular formula is C17H27NO. The van der Waals surface area contributed by atoms with E-state index in [0.717, 1.165) is 37.7 Å². The molecule has 1 aromatic rings. The molecule has 0 aliphatic carbocycles. The summed E-state index contributed by atoms with van der Waals surface area (Å²) >= 11 is 0. The Hall–Kier alpha value is -1.02. The Morgan fingerprint density at radius 1 is 1.32 bits per heavy atom. The molecule has 0 saturated heterocycles. The maximum atomic E-state index is 5.54. The van der Waals surface area contributed by atoms with Gasteiger partial charge in [0, 0.05) is 12.5 Å². The molecule has 2 unspecified atom stereocenters. The second kappa shape index (κ2) is 6.95. The predicted molar refractivity (Wildman–Crippen MR) is 80.9 cm³/mol. The van der Waals surface area contributed by atoms with Crippen LogP contribution in [0, 0.1) is 5.92 Å². The average Bonchev–Trinajstić information content (AvgIpc) is 2.86. The first-order valence-corrected chi connectivity index (χ1v) is 7.67. The van der Waals surface area contributed by atoms with Crippen molar-refractivity contribution in [2.24, 2.45) is 5.92 Å². The number of hydrogen-bond acceptors (Lipinski definition) is 2. The largest absolute Gasteiger partial charge is 0.493 e. The first kappa shape index (κ1) is 14.4. The molecule has 19 heavy (non-hydrogen) atoms. The van der Waals surface area contributed by atoms with Gasteiger partial charge in [-0.3, -0.25) is 0 Å². The summed E-state index contributed by atoms with van der Waals surface area (Å²) in [4.78, 5) is 0. The third-order valence-electron chi connectivity index (χ3n) is 4.11. The Morgan fingerprint density at radius 3 is 2.95 bits per heavy atom. The Balaban J connectivity index is 1.73. The lowest BCUT2D eigenvalue weighted by Crippen LogP contribution is -2.29. The fraction of sp³-hybridized carbons (Fsp3) is 0.647. The van der Waals surface area contributed by atoms with Crippen LogP contribution >= 0.6 is 0 Å². The highest BCUT2D eigenvalue weighted by atomic mass is 16.5. The minimum absolute atomic E-state index is 0.618. The Kier molecular flexibility index (Phi) is 5.26. The van der Waals surface area contributed by atoms with E-state index < -0.39 is 0 Å². The second-order valence-electron chi connectivity index (χ2n) is 5.89. The van der Waals surface area contributed by atoms with E-state index in [1.54, 1.807) is 0 Å². The van der Waals surface area contributed by atoms with Gasteiger partial charge in [-0.05, 0) is 49.4 Å². The molecule has 0 bridgehead atoms. The smallest absolute Gasteiger partial charge is 0.122 e. The number of rotatable bonds is 7. The summed E-state index contributed by atoms with van der Waals surface area (Å²) in [5, 5.41) is 3.63. The van der Waals surface area contributed by atoms with Crippen LogP contribution in [0.3, 0.4) is 0 Å². The van der Waals surface area contributed by atoms with Crippen molar-refractivity contribution in [1.29, 1.82) is 0 Å². The van der Waals surface area contributed by atoms with E-state index in [1.165, 1.54) is 24.0 Å². The van der Waals surface area contributed by atoms with Gasteiger partial charge in [-0.1, -0.05) is 32.4 Å². The normalized spacial score (nSPS) is 16.8. The summed E-state index contributed by atoms with van der Waals surface area (Å²) in [6.45, 7) is 8.81. The molecule has 0 amide bonds. The third-order valence-corrected chi connectivity index (χ3v) is 4.11. The zero-order valence-corrected chi connectivity index (χ0v) is 12.5. The van der Waals surface area contributed by atoms with Crippen LogP contribution in [0.5, 0.6) is 5.75 Å². The monoisotopic (exact) mass is 261 g/mol. The SMILES string of the molecule is CCC(C)CC(C)NCCc1ccc2c(c1)CCO2. The first-order chi connectivity index (χ1) is 9.19. The van der Waals surface area contributed by atoms with Crippen LogP contribution < -0.4 is 10.1 Å². The number of hydrogen-bond donors (Lipinski definition) is 1. The molecule has 2 rings (SSSR count). The molecule has 1 aromatic carbocycles. The van der Waals surface area contributed by atoms with Gasteiger partial charge in [0.25, 0.3) is 0 Å². The predicted octanol–water partition coefficient (Wildman–Crippen LogP) is 3.58. The fourth-order valence-corrected chi connectivity index (χ4v) is 2.71. The van der Waals surface area contributed by atoms with Gasteiger partial charge < -0.3 is 10.1 Å². The lowest BCUT2D eigenvalue weighted by molar-refractivity contribution is 0.357. The molecule has 2 nitrogen and oxygen atoms in total. The molecule has 0 saturated carbocycles. The summed E-state index contributed by atoms with van der Waals surface area (Å²) in [5.41, 5.74) is 2.80. The summed E-state index contributed by atoms with van der Waals surface area (Å²) in [5.74, 6) is 1.90. The summed E-state index contributed by atoms with van der Waals surface area (Å²) in [6.07, 6.45) is 4.73. The summed E-state index contributed by atoms with van der Waals surface area (Å²) < 4.78 is 5.54. The van der Waals surface area contributed by atoms with Gasteiger partial charge in [0.2, 0.25) is 0 Å². The van der Waals surface area contributed by atoms with Crippen molar-refractivity contribution in [3.8, 4) is 5.75 Å². The quantitative estimate of drug-likeness (QED) is 0.810. The van der Waals surface area contributed by atoms with Crippen LogP contribution in [0.2, 0.25) is 0 Å². The van der Waals surface area contributed by atoms with Gasteiger partial charge in [-0.2, -0.15) is 0 Å². The number of benzene rings is 1. The van der Waals surface area contributed by atoms with Crippen LogP contribution in [-0.4, -0.2) is 19.2 Å². The van der Waals surface area contributed by atoms with Crippen LogP contribution in [0.4, 0.5) is 0 Å². The van der Waals surface area contributed by atoms with Crippen LogP contribution in [0.15, 0.2) is 18.2 Å². The summed E-state index contributed by atoms with van der Waals surface area (Å²) in [6, 6.07) is 7.25. The molecule has 1 heterocycles. The Bertz CT molecular complexity index is 402. The zero-order valence-electron chi connectivity index (χ0n) is 12.5. The first-order valence-electron chi connectivity index (χ1n) is 7.67. The molecule has 0 radical (unpaired) electrons. The lowest BCUT2D eigenvalue weighted by Gasteiger charge is -2.17. The van der Waals surface area contributed by atoms with Gasteiger partial charge in [-0.25, -0.2) is 0 Å². The fourth-order valence-electron chi connectivity index (χ4n) is 2.71. The van der Waals surface area contributed by atoms with E-state index >= 15 is 0 Å². The van der Waals surface area contributed by atoms with Crippen molar-refractivity contribution in [2.75, 3.05) is 13.2 Å². The highest BCUT2D eigenvalue weighted by Crippen LogP contribution is 2.25. The molecule has 2 atom stereocenters. The number of fused-ring (bicyclic) bond motifs is 1. The van der Waals surface area contributed by atoms with Crippen molar-refractivity contribution in [3.63, 3.8) is 0 Å². The molecule has 1 N–H and O–H groups in total. The minimum atomic E-state index is 0.618. The van der Waals surface area contributed by atoms with Gasteiger partial charge in [-0.15, -0.1) is 0 Å². The van der Waals surface area contributed by atoms with Gasteiger partial charge >= 0.3 is 0 Å². The number of ether oxygens (including phenoxy) is 1. The van der Waals surface area contributed by atoms with Crippen LogP contribution in [0.25, 0.3) is 0 Å². The topological polar surface area (TPSA) is 21.3 Å². The van der Waals surface area contributed by atoms with Crippen molar-refractivity contribution >= 4 is 0 Å². The van der Waals surface area contributed by atoms with Crippen molar-refractivity contribution in [2.45, 2.75) is 52.5 Å².